The topological polar surface area (TPSA) is 82.2 Å². The van der Waals surface area contributed by atoms with Crippen molar-refractivity contribution in [2.75, 3.05) is 5.32 Å². The van der Waals surface area contributed by atoms with Crippen LogP contribution in [0.3, 0.4) is 0 Å². The first kappa shape index (κ1) is 13.9. The summed E-state index contributed by atoms with van der Waals surface area (Å²) in [5, 5.41) is 11.5. The standard InChI is InChI=1S/C15H16N2O3/c1-10(9-14(18)19)11-4-6-12(7-5-11)17-15(20)13-3-2-8-16-13/h2-8,10,16H,9H2,1H3,(H,17,20)(H,18,19). The zero-order valence-corrected chi connectivity index (χ0v) is 11.1. The van der Waals surface area contributed by atoms with Gasteiger partial charge in [0, 0.05) is 11.9 Å². The van der Waals surface area contributed by atoms with Crippen LogP contribution in [0.5, 0.6) is 0 Å². The van der Waals surface area contributed by atoms with E-state index in [4.69, 9.17) is 5.11 Å². The number of aromatic amines is 1. The van der Waals surface area contributed by atoms with Gasteiger partial charge in [-0.3, -0.25) is 9.59 Å². The largest absolute Gasteiger partial charge is 0.481 e. The summed E-state index contributed by atoms with van der Waals surface area (Å²) in [5.74, 6) is -1.08. The van der Waals surface area contributed by atoms with Crippen molar-refractivity contribution in [1.29, 1.82) is 0 Å². The number of H-pyrrole nitrogens is 1. The van der Waals surface area contributed by atoms with Gasteiger partial charge < -0.3 is 15.4 Å². The summed E-state index contributed by atoms with van der Waals surface area (Å²) in [4.78, 5) is 25.3. The Hall–Kier alpha value is -2.56. The van der Waals surface area contributed by atoms with Crippen LogP contribution < -0.4 is 5.32 Å². The highest BCUT2D eigenvalue weighted by Gasteiger charge is 2.11. The molecule has 1 atom stereocenters. The molecular weight excluding hydrogens is 256 g/mol. The predicted molar refractivity (Wildman–Crippen MR) is 75.9 cm³/mol. The Bertz CT molecular complexity index is 588. The number of anilines is 1. The molecule has 5 heteroatoms. The first-order valence-corrected chi connectivity index (χ1v) is 6.33. The van der Waals surface area contributed by atoms with Crippen molar-refractivity contribution < 1.29 is 14.7 Å². The summed E-state index contributed by atoms with van der Waals surface area (Å²) in [6, 6.07) is 10.7. The summed E-state index contributed by atoms with van der Waals surface area (Å²) in [6.45, 7) is 1.86. The molecule has 104 valence electrons. The Morgan fingerprint density at radius 2 is 1.95 bits per heavy atom. The molecule has 0 saturated heterocycles. The number of carbonyl (C=O) groups excluding carboxylic acids is 1. The van der Waals surface area contributed by atoms with Gasteiger partial charge in [0.1, 0.15) is 5.69 Å². The van der Waals surface area contributed by atoms with E-state index in [1.54, 1.807) is 30.5 Å². The molecule has 1 unspecified atom stereocenters. The quantitative estimate of drug-likeness (QED) is 0.782. The molecule has 1 aromatic heterocycles. The molecule has 0 spiro atoms. The number of carboxylic acid groups (broad SMARTS) is 1. The monoisotopic (exact) mass is 272 g/mol. The molecule has 2 aromatic rings. The van der Waals surface area contributed by atoms with E-state index in [0.717, 1.165) is 5.56 Å². The van der Waals surface area contributed by atoms with Gasteiger partial charge >= 0.3 is 5.97 Å². The van der Waals surface area contributed by atoms with E-state index >= 15 is 0 Å². The van der Waals surface area contributed by atoms with Crippen LogP contribution in [0.25, 0.3) is 0 Å². The van der Waals surface area contributed by atoms with Crippen LogP contribution in [0.1, 0.15) is 35.3 Å². The van der Waals surface area contributed by atoms with E-state index in [0.29, 0.717) is 11.4 Å². The van der Waals surface area contributed by atoms with E-state index in [9.17, 15) is 9.59 Å². The van der Waals surface area contributed by atoms with E-state index in [2.05, 4.69) is 10.3 Å². The molecule has 0 aliphatic carbocycles. The minimum absolute atomic E-state index is 0.0549. The molecule has 5 nitrogen and oxygen atoms in total. The van der Waals surface area contributed by atoms with Gasteiger partial charge in [-0.2, -0.15) is 0 Å². The van der Waals surface area contributed by atoms with Crippen molar-refractivity contribution >= 4 is 17.6 Å². The Kier molecular flexibility index (Phi) is 4.20. The number of carboxylic acids is 1. The van der Waals surface area contributed by atoms with Crippen molar-refractivity contribution in [2.24, 2.45) is 0 Å². The number of nitrogens with one attached hydrogen (secondary N) is 2. The maximum absolute atomic E-state index is 11.8. The Labute approximate surface area is 116 Å². The summed E-state index contributed by atoms with van der Waals surface area (Å²) >= 11 is 0. The van der Waals surface area contributed by atoms with Gasteiger partial charge in [-0.15, -0.1) is 0 Å². The number of carbonyl (C=O) groups is 2. The van der Waals surface area contributed by atoms with E-state index < -0.39 is 5.97 Å². The lowest BCUT2D eigenvalue weighted by molar-refractivity contribution is -0.137. The van der Waals surface area contributed by atoms with Crippen molar-refractivity contribution in [3.05, 3.63) is 53.9 Å². The molecular formula is C15H16N2O3. The van der Waals surface area contributed by atoms with Crippen LogP contribution >= 0.6 is 0 Å². The lowest BCUT2D eigenvalue weighted by atomic mass is 9.98. The average molecular weight is 272 g/mol. The van der Waals surface area contributed by atoms with Gasteiger partial charge in [-0.25, -0.2) is 0 Å². The van der Waals surface area contributed by atoms with Crippen LogP contribution in [-0.4, -0.2) is 22.0 Å². The normalized spacial score (nSPS) is 11.8. The highest BCUT2D eigenvalue weighted by Crippen LogP contribution is 2.21. The maximum atomic E-state index is 11.8. The van der Waals surface area contributed by atoms with Crippen LogP contribution in [0, 0.1) is 0 Å². The molecule has 0 aliphatic heterocycles. The van der Waals surface area contributed by atoms with Gasteiger partial charge in [-0.1, -0.05) is 19.1 Å². The SMILES string of the molecule is CC(CC(=O)O)c1ccc(NC(=O)c2ccc[nH]2)cc1. The summed E-state index contributed by atoms with van der Waals surface area (Å²) in [5.41, 5.74) is 2.11. The highest BCUT2D eigenvalue weighted by atomic mass is 16.4. The first-order chi connectivity index (χ1) is 9.56. The Morgan fingerprint density at radius 1 is 1.25 bits per heavy atom. The maximum Gasteiger partial charge on any atom is 0.303 e. The van der Waals surface area contributed by atoms with Gasteiger partial charge in [0.05, 0.1) is 6.42 Å². The minimum atomic E-state index is -0.818. The minimum Gasteiger partial charge on any atom is -0.481 e. The third-order valence-electron chi connectivity index (χ3n) is 3.06. The Morgan fingerprint density at radius 3 is 2.50 bits per heavy atom. The Balaban J connectivity index is 2.01. The van der Waals surface area contributed by atoms with Crippen LogP contribution in [0.2, 0.25) is 0 Å². The second kappa shape index (κ2) is 6.06. The molecule has 0 aliphatic rings. The molecule has 3 N–H and O–H groups in total. The van der Waals surface area contributed by atoms with Crippen molar-refractivity contribution in [2.45, 2.75) is 19.3 Å². The summed E-state index contributed by atoms with van der Waals surface area (Å²) in [6.07, 6.45) is 1.78. The average Bonchev–Trinajstić information content (AvgIpc) is 2.92. The molecule has 1 aromatic carbocycles. The molecule has 1 heterocycles. The zero-order chi connectivity index (χ0) is 14.5. The van der Waals surface area contributed by atoms with Crippen molar-refractivity contribution in [3.63, 3.8) is 0 Å². The van der Waals surface area contributed by atoms with Crippen LogP contribution in [0.15, 0.2) is 42.6 Å². The summed E-state index contributed by atoms with van der Waals surface area (Å²) in [7, 11) is 0. The lowest BCUT2D eigenvalue weighted by Crippen LogP contribution is -2.12. The van der Waals surface area contributed by atoms with E-state index in [1.807, 2.05) is 19.1 Å². The fourth-order valence-electron chi connectivity index (χ4n) is 1.94. The fourth-order valence-corrected chi connectivity index (χ4v) is 1.94. The lowest BCUT2D eigenvalue weighted by Gasteiger charge is -2.10. The number of amides is 1. The summed E-state index contributed by atoms with van der Waals surface area (Å²) < 4.78 is 0. The predicted octanol–water partition coefficient (Wildman–Crippen LogP) is 2.85. The number of hydrogen-bond acceptors (Lipinski definition) is 2. The zero-order valence-electron chi connectivity index (χ0n) is 11.1. The first-order valence-electron chi connectivity index (χ1n) is 6.33. The van der Waals surface area contributed by atoms with Crippen LogP contribution in [-0.2, 0) is 4.79 Å². The third-order valence-corrected chi connectivity index (χ3v) is 3.06. The number of aromatic nitrogens is 1. The van der Waals surface area contributed by atoms with Crippen molar-refractivity contribution in [3.8, 4) is 0 Å². The van der Waals surface area contributed by atoms with Gasteiger partial charge in [-0.05, 0) is 35.7 Å². The molecule has 0 fully saturated rings. The third kappa shape index (κ3) is 3.47. The second-order valence-electron chi connectivity index (χ2n) is 4.66. The number of aliphatic carboxylic acids is 1. The van der Waals surface area contributed by atoms with Crippen molar-refractivity contribution in [1.82, 2.24) is 4.98 Å². The number of rotatable bonds is 5. The molecule has 1 amide bonds. The highest BCUT2D eigenvalue weighted by molar-refractivity contribution is 6.02. The van der Waals surface area contributed by atoms with E-state index in [1.165, 1.54) is 0 Å². The van der Waals surface area contributed by atoms with Gasteiger partial charge in [0.15, 0.2) is 0 Å². The smallest absolute Gasteiger partial charge is 0.303 e. The molecule has 0 saturated carbocycles. The van der Waals surface area contributed by atoms with Crippen LogP contribution in [0.4, 0.5) is 5.69 Å². The van der Waals surface area contributed by atoms with E-state index in [-0.39, 0.29) is 18.2 Å². The molecule has 0 radical (unpaired) electrons. The molecule has 0 bridgehead atoms. The second-order valence-corrected chi connectivity index (χ2v) is 4.66. The molecule has 2 rings (SSSR count). The molecule has 20 heavy (non-hydrogen) atoms. The van der Waals surface area contributed by atoms with Gasteiger partial charge in [0.2, 0.25) is 0 Å². The van der Waals surface area contributed by atoms with Gasteiger partial charge in [0.25, 0.3) is 5.91 Å². The number of benzene rings is 1. The fraction of sp³-hybridized carbons (Fsp3) is 0.200. The number of hydrogen-bond donors (Lipinski definition) is 3.